The van der Waals surface area contributed by atoms with Crippen molar-refractivity contribution in [2.45, 2.75) is 0 Å². The number of rotatable bonds is 4. The van der Waals surface area contributed by atoms with Crippen LogP contribution in [0.2, 0.25) is 5.02 Å². The summed E-state index contributed by atoms with van der Waals surface area (Å²) in [5.41, 5.74) is 6.16. The van der Waals surface area contributed by atoms with Crippen molar-refractivity contribution in [1.29, 1.82) is 0 Å². The van der Waals surface area contributed by atoms with E-state index in [1.165, 1.54) is 11.3 Å². The molecule has 0 saturated carbocycles. The first-order valence-electron chi connectivity index (χ1n) is 8.63. The second-order valence-corrected chi connectivity index (χ2v) is 7.27. The average Bonchev–Trinajstić information content (AvgIpc) is 3.17. The molecule has 0 spiro atoms. The number of nitrogens with zero attached hydrogens (tertiary/aromatic N) is 2. The maximum absolute atomic E-state index is 12.4. The van der Waals surface area contributed by atoms with Crippen LogP contribution in [0.5, 0.6) is 0 Å². The lowest BCUT2D eigenvalue weighted by Gasteiger charge is -2.09. The quantitative estimate of drug-likeness (QED) is 0.471. The van der Waals surface area contributed by atoms with E-state index in [0.29, 0.717) is 15.4 Å². The van der Waals surface area contributed by atoms with Crippen molar-refractivity contribution in [1.82, 2.24) is 9.99 Å². The van der Waals surface area contributed by atoms with E-state index in [4.69, 9.17) is 11.6 Å². The summed E-state index contributed by atoms with van der Waals surface area (Å²) in [6.45, 7) is 0. The molecule has 0 radical (unpaired) electrons. The molecule has 0 bridgehead atoms. The van der Waals surface area contributed by atoms with Crippen molar-refractivity contribution >= 4 is 28.8 Å². The summed E-state index contributed by atoms with van der Waals surface area (Å²) < 4.78 is 2.01. The fourth-order valence-electron chi connectivity index (χ4n) is 2.79. The molecule has 0 atom stereocenters. The zero-order valence-corrected chi connectivity index (χ0v) is 16.3. The van der Waals surface area contributed by atoms with Gasteiger partial charge in [0, 0.05) is 21.7 Å². The van der Waals surface area contributed by atoms with Crippen LogP contribution < -0.4 is 10.2 Å². The third kappa shape index (κ3) is 3.91. The first-order valence-corrected chi connectivity index (χ1v) is 9.89. The molecule has 0 aliphatic heterocycles. The predicted octanol–water partition coefficient (Wildman–Crippen LogP) is 5.10. The average molecular weight is 406 g/mol. The van der Waals surface area contributed by atoms with Gasteiger partial charge in [-0.15, -0.1) is 16.4 Å². The third-order valence-electron chi connectivity index (χ3n) is 4.15. The topological polar surface area (TPSA) is 46.4 Å². The summed E-state index contributed by atoms with van der Waals surface area (Å²) in [5, 5.41) is 7.08. The minimum Gasteiger partial charge on any atom is -0.284 e. The van der Waals surface area contributed by atoms with E-state index in [1.54, 1.807) is 12.1 Å². The number of thiazole rings is 1. The van der Waals surface area contributed by atoms with Gasteiger partial charge in [-0.2, -0.15) is 0 Å². The van der Waals surface area contributed by atoms with Gasteiger partial charge in [-0.3, -0.25) is 9.36 Å². The molecule has 1 aromatic heterocycles. The van der Waals surface area contributed by atoms with Gasteiger partial charge in [-0.1, -0.05) is 60.1 Å². The molecular weight excluding hydrogens is 390 g/mol. The van der Waals surface area contributed by atoms with E-state index in [2.05, 4.69) is 10.5 Å². The van der Waals surface area contributed by atoms with Crippen molar-refractivity contribution in [3.8, 4) is 16.9 Å². The number of carbonyl (C=O) groups is 1. The maximum atomic E-state index is 12.4. The van der Waals surface area contributed by atoms with Crippen LogP contribution in [0.1, 0.15) is 10.4 Å². The van der Waals surface area contributed by atoms with Crippen LogP contribution in [-0.2, 0) is 0 Å². The maximum Gasteiger partial charge on any atom is 0.271 e. The largest absolute Gasteiger partial charge is 0.284 e. The molecule has 4 rings (SSSR count). The zero-order valence-electron chi connectivity index (χ0n) is 14.7. The number of nitrogens with one attached hydrogen (secondary N) is 1. The fraction of sp³-hybridized carbons (Fsp3) is 0. The molecule has 0 unspecified atom stereocenters. The van der Waals surface area contributed by atoms with Crippen LogP contribution in [0.3, 0.4) is 0 Å². The van der Waals surface area contributed by atoms with Crippen LogP contribution in [0, 0.1) is 0 Å². The molecule has 4 nitrogen and oxygen atoms in total. The minimum atomic E-state index is -0.248. The molecule has 3 aromatic carbocycles. The van der Waals surface area contributed by atoms with Gasteiger partial charge in [-0.05, 0) is 42.0 Å². The monoisotopic (exact) mass is 405 g/mol. The van der Waals surface area contributed by atoms with Gasteiger partial charge in [0.25, 0.3) is 5.91 Å². The van der Waals surface area contributed by atoms with Gasteiger partial charge in [0.15, 0.2) is 0 Å². The Morgan fingerprint density at radius 2 is 1.54 bits per heavy atom. The summed E-state index contributed by atoms with van der Waals surface area (Å²) in [5.74, 6) is -0.248. The van der Waals surface area contributed by atoms with E-state index in [-0.39, 0.29) is 5.91 Å². The Morgan fingerprint density at radius 1 is 0.893 bits per heavy atom. The Labute approximate surface area is 171 Å². The smallest absolute Gasteiger partial charge is 0.271 e. The van der Waals surface area contributed by atoms with E-state index in [1.807, 2.05) is 82.7 Å². The van der Waals surface area contributed by atoms with Crippen LogP contribution in [0.4, 0.5) is 0 Å². The molecule has 0 aliphatic rings. The molecule has 0 fully saturated rings. The van der Waals surface area contributed by atoms with Gasteiger partial charge in [0.2, 0.25) is 4.80 Å². The molecule has 0 saturated heterocycles. The molecule has 138 valence electrons. The van der Waals surface area contributed by atoms with Crippen LogP contribution in [0.15, 0.2) is 95.4 Å². The van der Waals surface area contributed by atoms with Crippen molar-refractivity contribution < 1.29 is 4.79 Å². The lowest BCUT2D eigenvalue weighted by Crippen LogP contribution is -2.24. The highest BCUT2D eigenvalue weighted by atomic mass is 35.5. The Balaban J connectivity index is 1.77. The van der Waals surface area contributed by atoms with Crippen molar-refractivity contribution in [3.63, 3.8) is 0 Å². The van der Waals surface area contributed by atoms with Crippen LogP contribution in [-0.4, -0.2) is 10.5 Å². The Hall–Kier alpha value is -3.15. The molecule has 4 aromatic rings. The molecule has 1 N–H and O–H groups in total. The van der Waals surface area contributed by atoms with Gasteiger partial charge >= 0.3 is 0 Å². The van der Waals surface area contributed by atoms with Crippen LogP contribution in [0.25, 0.3) is 16.9 Å². The second kappa shape index (κ2) is 8.25. The van der Waals surface area contributed by atoms with E-state index in [0.717, 1.165) is 16.9 Å². The van der Waals surface area contributed by atoms with Gasteiger partial charge in [0.05, 0.1) is 5.69 Å². The zero-order chi connectivity index (χ0) is 19.3. The SMILES string of the molecule is O=C(N/N=c1/scc(-c2ccc(Cl)cc2)n1-c1ccccc1)c1ccccc1. The van der Waals surface area contributed by atoms with Gasteiger partial charge in [-0.25, -0.2) is 5.43 Å². The van der Waals surface area contributed by atoms with Gasteiger partial charge < -0.3 is 0 Å². The summed E-state index contributed by atoms with van der Waals surface area (Å²) in [4.78, 5) is 13.0. The standard InChI is InChI=1S/C22H16ClN3OS/c23-18-13-11-16(12-14-18)20-15-28-22(26(20)19-9-5-2-6-10-19)25-24-21(27)17-7-3-1-4-8-17/h1-15H,(H,24,27)/b25-22+. The molecule has 1 heterocycles. The number of hydrogen-bond donors (Lipinski definition) is 1. The van der Waals surface area contributed by atoms with Crippen molar-refractivity contribution in [3.05, 3.63) is 106 Å². The third-order valence-corrected chi connectivity index (χ3v) is 5.23. The summed E-state index contributed by atoms with van der Waals surface area (Å²) in [6, 6.07) is 26.6. The Morgan fingerprint density at radius 3 is 2.21 bits per heavy atom. The highest BCUT2D eigenvalue weighted by molar-refractivity contribution is 7.07. The lowest BCUT2D eigenvalue weighted by atomic mass is 10.1. The number of para-hydroxylation sites is 1. The van der Waals surface area contributed by atoms with Gasteiger partial charge in [0.1, 0.15) is 0 Å². The van der Waals surface area contributed by atoms with E-state index >= 15 is 0 Å². The molecular formula is C22H16ClN3OS. The first-order chi connectivity index (χ1) is 13.7. The normalized spacial score (nSPS) is 11.4. The molecule has 28 heavy (non-hydrogen) atoms. The fourth-order valence-corrected chi connectivity index (χ4v) is 3.78. The van der Waals surface area contributed by atoms with Crippen LogP contribution >= 0.6 is 22.9 Å². The Kier molecular flexibility index (Phi) is 5.37. The molecule has 0 aliphatic carbocycles. The summed E-state index contributed by atoms with van der Waals surface area (Å²) in [6.07, 6.45) is 0. The first kappa shape index (κ1) is 18.2. The van der Waals surface area contributed by atoms with Crippen molar-refractivity contribution in [2.24, 2.45) is 5.10 Å². The Bertz CT molecular complexity index is 1150. The van der Waals surface area contributed by atoms with E-state index in [9.17, 15) is 4.79 Å². The highest BCUT2D eigenvalue weighted by Crippen LogP contribution is 2.24. The number of hydrogen-bond acceptors (Lipinski definition) is 3. The number of carbonyl (C=O) groups excluding carboxylic acids is 1. The lowest BCUT2D eigenvalue weighted by molar-refractivity contribution is 0.0953. The summed E-state index contributed by atoms with van der Waals surface area (Å²) >= 11 is 7.49. The molecule has 6 heteroatoms. The van der Waals surface area contributed by atoms with E-state index < -0.39 is 0 Å². The number of benzene rings is 3. The highest BCUT2D eigenvalue weighted by Gasteiger charge is 2.11. The molecule has 1 amide bonds. The van der Waals surface area contributed by atoms with Crippen molar-refractivity contribution in [2.75, 3.05) is 0 Å². The number of amides is 1. The second-order valence-electron chi connectivity index (χ2n) is 6.00. The predicted molar refractivity (Wildman–Crippen MR) is 114 cm³/mol. The number of halogens is 1. The number of aromatic nitrogens is 1. The minimum absolute atomic E-state index is 0.248. The summed E-state index contributed by atoms with van der Waals surface area (Å²) in [7, 11) is 0.